The Kier molecular flexibility index (Phi) is 4.91. The molecule has 1 fully saturated rings. The Morgan fingerprint density at radius 2 is 2.17 bits per heavy atom. The maximum Gasteiger partial charge on any atom is 0.0929 e. The third-order valence-electron chi connectivity index (χ3n) is 3.61. The molecule has 1 aliphatic carbocycles. The Labute approximate surface area is 118 Å². The van der Waals surface area contributed by atoms with Crippen LogP contribution in [0.15, 0.2) is 18.2 Å². The highest BCUT2D eigenvalue weighted by molar-refractivity contribution is 6.33. The van der Waals surface area contributed by atoms with Crippen LogP contribution in [0.4, 0.5) is 0 Å². The molecular weight excluding hydrogens is 269 g/mol. The van der Waals surface area contributed by atoms with Crippen LogP contribution < -0.4 is 5.32 Å². The van der Waals surface area contributed by atoms with Gasteiger partial charge in [0.25, 0.3) is 0 Å². The zero-order chi connectivity index (χ0) is 13.1. The van der Waals surface area contributed by atoms with Gasteiger partial charge in [0, 0.05) is 28.2 Å². The van der Waals surface area contributed by atoms with Crippen molar-refractivity contribution in [1.29, 1.82) is 0 Å². The minimum atomic E-state index is -0.605. The van der Waals surface area contributed by atoms with Crippen molar-refractivity contribution in [2.75, 3.05) is 6.54 Å². The van der Waals surface area contributed by atoms with Crippen molar-refractivity contribution in [3.8, 4) is 0 Å². The molecule has 1 aromatic carbocycles. The van der Waals surface area contributed by atoms with Crippen LogP contribution in [0.2, 0.25) is 10.0 Å². The van der Waals surface area contributed by atoms with Crippen LogP contribution in [-0.4, -0.2) is 17.7 Å². The topological polar surface area (TPSA) is 32.3 Å². The van der Waals surface area contributed by atoms with Gasteiger partial charge in [0.05, 0.1) is 6.10 Å². The highest BCUT2D eigenvalue weighted by Gasteiger charge is 2.22. The summed E-state index contributed by atoms with van der Waals surface area (Å²) in [7, 11) is 0. The molecule has 1 aromatic rings. The molecule has 0 aliphatic heterocycles. The second-order valence-electron chi connectivity index (χ2n) is 5.21. The van der Waals surface area contributed by atoms with E-state index in [1.165, 1.54) is 19.3 Å². The van der Waals surface area contributed by atoms with E-state index in [1.54, 1.807) is 18.2 Å². The van der Waals surface area contributed by atoms with Gasteiger partial charge in [-0.2, -0.15) is 0 Å². The third kappa shape index (κ3) is 3.61. The molecule has 0 spiro atoms. The van der Waals surface area contributed by atoms with Crippen LogP contribution in [0.1, 0.15) is 37.9 Å². The molecule has 0 bridgehead atoms. The monoisotopic (exact) mass is 287 g/mol. The van der Waals surface area contributed by atoms with E-state index in [2.05, 4.69) is 12.2 Å². The lowest BCUT2D eigenvalue weighted by Crippen LogP contribution is -2.30. The standard InChI is InChI=1S/C14H19Cl2NO/c1-9-2-4-11(6-9)17-8-14(18)12-7-10(15)3-5-13(12)16/h3,5,7,9,11,14,17-18H,2,4,6,8H2,1H3. The number of nitrogens with one attached hydrogen (secondary N) is 1. The van der Waals surface area contributed by atoms with Crippen molar-refractivity contribution in [2.45, 2.75) is 38.3 Å². The fraction of sp³-hybridized carbons (Fsp3) is 0.571. The van der Waals surface area contributed by atoms with E-state index < -0.39 is 6.10 Å². The first-order valence-electron chi connectivity index (χ1n) is 6.42. The third-order valence-corrected chi connectivity index (χ3v) is 4.19. The molecule has 18 heavy (non-hydrogen) atoms. The average molecular weight is 288 g/mol. The Morgan fingerprint density at radius 3 is 2.83 bits per heavy atom. The number of hydrogen-bond donors (Lipinski definition) is 2. The first kappa shape index (κ1) is 14.1. The minimum Gasteiger partial charge on any atom is -0.387 e. The lowest BCUT2D eigenvalue weighted by atomic mass is 10.1. The Morgan fingerprint density at radius 1 is 1.39 bits per heavy atom. The summed E-state index contributed by atoms with van der Waals surface area (Å²) in [4.78, 5) is 0. The predicted octanol–water partition coefficient (Wildman–Crippen LogP) is 3.81. The molecule has 0 radical (unpaired) electrons. The van der Waals surface area contributed by atoms with Crippen molar-refractivity contribution in [2.24, 2.45) is 5.92 Å². The van der Waals surface area contributed by atoms with Crippen LogP contribution >= 0.6 is 23.2 Å². The van der Waals surface area contributed by atoms with Gasteiger partial charge >= 0.3 is 0 Å². The molecule has 2 nitrogen and oxygen atoms in total. The Bertz CT molecular complexity index is 411. The number of hydrogen-bond acceptors (Lipinski definition) is 2. The summed E-state index contributed by atoms with van der Waals surface area (Å²) in [5.41, 5.74) is 0.697. The first-order chi connectivity index (χ1) is 8.56. The smallest absolute Gasteiger partial charge is 0.0929 e. The van der Waals surface area contributed by atoms with E-state index in [1.807, 2.05) is 0 Å². The maximum atomic E-state index is 10.1. The summed E-state index contributed by atoms with van der Waals surface area (Å²) in [6.07, 6.45) is 3.05. The van der Waals surface area contributed by atoms with Crippen molar-refractivity contribution >= 4 is 23.2 Å². The number of aliphatic hydroxyl groups excluding tert-OH is 1. The summed E-state index contributed by atoms with van der Waals surface area (Å²) in [5, 5.41) is 14.7. The minimum absolute atomic E-state index is 0.521. The van der Waals surface area contributed by atoms with Gasteiger partial charge in [0.2, 0.25) is 0 Å². The summed E-state index contributed by atoms with van der Waals surface area (Å²) in [6.45, 7) is 2.80. The van der Waals surface area contributed by atoms with Gasteiger partial charge in [-0.1, -0.05) is 30.1 Å². The summed E-state index contributed by atoms with van der Waals surface area (Å²) < 4.78 is 0. The van der Waals surface area contributed by atoms with Gasteiger partial charge < -0.3 is 10.4 Å². The lowest BCUT2D eigenvalue weighted by molar-refractivity contribution is 0.170. The van der Waals surface area contributed by atoms with Gasteiger partial charge in [-0.05, 0) is 43.4 Å². The van der Waals surface area contributed by atoms with Gasteiger partial charge in [0.1, 0.15) is 0 Å². The fourth-order valence-corrected chi connectivity index (χ4v) is 2.97. The predicted molar refractivity (Wildman–Crippen MR) is 76.2 cm³/mol. The highest BCUT2D eigenvalue weighted by Crippen LogP contribution is 2.28. The van der Waals surface area contributed by atoms with Gasteiger partial charge in [-0.15, -0.1) is 0 Å². The SMILES string of the molecule is CC1CCC(NCC(O)c2cc(Cl)ccc2Cl)C1. The van der Waals surface area contributed by atoms with Crippen molar-refractivity contribution in [3.05, 3.63) is 33.8 Å². The lowest BCUT2D eigenvalue weighted by Gasteiger charge is -2.17. The molecule has 3 atom stereocenters. The van der Waals surface area contributed by atoms with Crippen LogP contribution in [0.25, 0.3) is 0 Å². The molecule has 1 saturated carbocycles. The highest BCUT2D eigenvalue weighted by atomic mass is 35.5. The van der Waals surface area contributed by atoms with E-state index in [0.717, 1.165) is 5.92 Å². The molecule has 0 aromatic heterocycles. The number of rotatable bonds is 4. The summed E-state index contributed by atoms with van der Waals surface area (Å²) in [5.74, 6) is 0.786. The first-order valence-corrected chi connectivity index (χ1v) is 7.18. The quantitative estimate of drug-likeness (QED) is 0.883. The van der Waals surface area contributed by atoms with Gasteiger partial charge in [-0.3, -0.25) is 0 Å². The van der Waals surface area contributed by atoms with Crippen LogP contribution in [-0.2, 0) is 0 Å². The van der Waals surface area contributed by atoms with Crippen molar-refractivity contribution in [3.63, 3.8) is 0 Å². The molecule has 2 N–H and O–H groups in total. The molecule has 0 saturated heterocycles. The second kappa shape index (κ2) is 6.25. The zero-order valence-corrected chi connectivity index (χ0v) is 12.0. The summed E-state index contributed by atoms with van der Waals surface area (Å²) in [6, 6.07) is 5.70. The zero-order valence-electron chi connectivity index (χ0n) is 10.5. The number of halogens is 2. The van der Waals surface area contributed by atoms with E-state index in [9.17, 15) is 5.11 Å². The van der Waals surface area contributed by atoms with Crippen LogP contribution in [0, 0.1) is 5.92 Å². The molecule has 0 heterocycles. The van der Waals surface area contributed by atoms with Crippen LogP contribution in [0.3, 0.4) is 0 Å². The summed E-state index contributed by atoms with van der Waals surface area (Å²) >= 11 is 12.0. The fourth-order valence-electron chi connectivity index (χ4n) is 2.55. The van der Waals surface area contributed by atoms with E-state index in [0.29, 0.717) is 28.2 Å². The van der Waals surface area contributed by atoms with Crippen LogP contribution in [0.5, 0.6) is 0 Å². The molecule has 100 valence electrons. The second-order valence-corrected chi connectivity index (χ2v) is 6.05. The molecule has 0 amide bonds. The normalized spacial score (nSPS) is 25.3. The van der Waals surface area contributed by atoms with Gasteiger partial charge in [0.15, 0.2) is 0 Å². The average Bonchev–Trinajstić information content (AvgIpc) is 2.75. The molecule has 2 rings (SSSR count). The maximum absolute atomic E-state index is 10.1. The largest absolute Gasteiger partial charge is 0.387 e. The van der Waals surface area contributed by atoms with Crippen molar-refractivity contribution < 1.29 is 5.11 Å². The number of aliphatic hydroxyl groups is 1. The van der Waals surface area contributed by atoms with Gasteiger partial charge in [-0.25, -0.2) is 0 Å². The Balaban J connectivity index is 1.91. The molecule has 1 aliphatic rings. The van der Waals surface area contributed by atoms with Crippen molar-refractivity contribution in [1.82, 2.24) is 5.32 Å². The van der Waals surface area contributed by atoms with E-state index >= 15 is 0 Å². The van der Waals surface area contributed by atoms with E-state index in [-0.39, 0.29) is 0 Å². The molecule has 4 heteroatoms. The molecular formula is C14H19Cl2NO. The number of benzene rings is 1. The Hall–Kier alpha value is -0.280. The molecule has 3 unspecified atom stereocenters. The van der Waals surface area contributed by atoms with E-state index in [4.69, 9.17) is 23.2 Å².